The van der Waals surface area contributed by atoms with Gasteiger partial charge in [-0.15, -0.1) is 0 Å². The topological polar surface area (TPSA) is 59.9 Å². The molecule has 0 saturated heterocycles. The number of carbonyl (C=O) groups excluding carboxylic acids is 1. The fourth-order valence-electron chi connectivity index (χ4n) is 3.94. The van der Waals surface area contributed by atoms with Crippen molar-refractivity contribution in [3.05, 3.63) is 65.2 Å². The predicted molar refractivity (Wildman–Crippen MR) is 125 cm³/mol. The zero-order valence-corrected chi connectivity index (χ0v) is 19.9. The molecule has 0 bridgehead atoms. The predicted octanol–water partition coefficient (Wildman–Crippen LogP) is 6.70. The van der Waals surface area contributed by atoms with E-state index >= 15 is 0 Å². The minimum atomic E-state index is -4.41. The second-order valence-corrected chi connectivity index (χ2v) is 8.72. The molecule has 5 nitrogen and oxygen atoms in total. The van der Waals surface area contributed by atoms with Gasteiger partial charge >= 0.3 is 18.2 Å². The monoisotopic (exact) mass is 512 g/mol. The Morgan fingerprint density at radius 2 is 1.61 bits per heavy atom. The number of amides is 1. The highest BCUT2D eigenvalue weighted by Crippen LogP contribution is 2.29. The van der Waals surface area contributed by atoms with Gasteiger partial charge in [0.25, 0.3) is 0 Å². The van der Waals surface area contributed by atoms with Gasteiger partial charge in [-0.1, -0.05) is 43.5 Å². The van der Waals surface area contributed by atoms with Crippen LogP contribution in [-0.4, -0.2) is 24.3 Å². The standard InChI is InChI=1S/C26H29F5N2O3/c1-2-23(33-35-17-19-8-12-21(13-9-19)25(27,28)29)20-10-14-22(15-11-20)36-26(30,31)24(34)32-16-18-6-4-3-5-7-18/h8-15,18H,2-7,16-17H2,1H3,(H,32,34). The summed E-state index contributed by atoms with van der Waals surface area (Å²) in [6.07, 6.45) is -2.91. The summed E-state index contributed by atoms with van der Waals surface area (Å²) in [5.74, 6) is -1.44. The van der Waals surface area contributed by atoms with Gasteiger partial charge in [0.05, 0.1) is 11.3 Å². The maximum atomic E-state index is 14.3. The summed E-state index contributed by atoms with van der Waals surface area (Å²) in [4.78, 5) is 17.2. The smallest absolute Gasteiger partial charge is 0.425 e. The minimum absolute atomic E-state index is 0.0367. The number of oxime groups is 1. The van der Waals surface area contributed by atoms with E-state index in [0.717, 1.165) is 44.2 Å². The van der Waals surface area contributed by atoms with Crippen LogP contribution in [0.1, 0.15) is 62.1 Å². The molecule has 1 N–H and O–H groups in total. The average Bonchev–Trinajstić information content (AvgIpc) is 2.86. The number of rotatable bonds is 10. The lowest BCUT2D eigenvalue weighted by Gasteiger charge is -2.23. The number of ether oxygens (including phenoxy) is 1. The summed E-state index contributed by atoms with van der Waals surface area (Å²) >= 11 is 0. The number of nitrogens with one attached hydrogen (secondary N) is 1. The number of halogens is 5. The van der Waals surface area contributed by atoms with Gasteiger partial charge in [0.1, 0.15) is 12.4 Å². The molecule has 196 valence electrons. The van der Waals surface area contributed by atoms with Gasteiger partial charge in [-0.25, -0.2) is 0 Å². The molecule has 1 saturated carbocycles. The van der Waals surface area contributed by atoms with E-state index in [0.29, 0.717) is 23.3 Å². The first-order chi connectivity index (χ1) is 17.1. The third kappa shape index (κ3) is 7.93. The van der Waals surface area contributed by atoms with Crippen molar-refractivity contribution in [3.8, 4) is 5.75 Å². The third-order valence-electron chi connectivity index (χ3n) is 6.00. The lowest BCUT2D eigenvalue weighted by atomic mass is 9.89. The van der Waals surface area contributed by atoms with Crippen molar-refractivity contribution in [2.75, 3.05) is 6.54 Å². The van der Waals surface area contributed by atoms with Crippen LogP contribution in [0.25, 0.3) is 0 Å². The van der Waals surface area contributed by atoms with Crippen LogP contribution in [0.5, 0.6) is 5.75 Å². The summed E-state index contributed by atoms with van der Waals surface area (Å²) in [6, 6.07) is 10.2. The first-order valence-electron chi connectivity index (χ1n) is 11.9. The number of hydrogen-bond donors (Lipinski definition) is 1. The Bertz CT molecular complexity index is 1020. The van der Waals surface area contributed by atoms with Crippen molar-refractivity contribution < 1.29 is 36.3 Å². The number of alkyl halides is 5. The second kappa shape index (κ2) is 12.2. The van der Waals surface area contributed by atoms with Crippen molar-refractivity contribution >= 4 is 11.6 Å². The van der Waals surface area contributed by atoms with Gasteiger partial charge in [0.15, 0.2) is 0 Å². The van der Waals surface area contributed by atoms with E-state index in [2.05, 4.69) is 15.2 Å². The van der Waals surface area contributed by atoms with E-state index in [-0.39, 0.29) is 24.8 Å². The summed E-state index contributed by atoms with van der Waals surface area (Å²) in [7, 11) is 0. The van der Waals surface area contributed by atoms with Crippen molar-refractivity contribution in [1.29, 1.82) is 0 Å². The van der Waals surface area contributed by atoms with Crippen LogP contribution in [-0.2, 0) is 22.4 Å². The fraction of sp³-hybridized carbons (Fsp3) is 0.462. The Balaban J connectivity index is 1.53. The van der Waals surface area contributed by atoms with Gasteiger partial charge < -0.3 is 14.9 Å². The SMILES string of the molecule is CCC(=NOCc1ccc(C(F)(F)F)cc1)c1ccc(OC(F)(F)C(=O)NCC2CCCCC2)cc1. The lowest BCUT2D eigenvalue weighted by molar-refractivity contribution is -0.193. The zero-order chi connectivity index (χ0) is 26.2. The van der Waals surface area contributed by atoms with Crippen molar-refractivity contribution in [3.63, 3.8) is 0 Å². The van der Waals surface area contributed by atoms with Crippen LogP contribution in [0.4, 0.5) is 22.0 Å². The average molecular weight is 513 g/mol. The highest BCUT2D eigenvalue weighted by atomic mass is 19.4. The van der Waals surface area contributed by atoms with E-state index in [1.165, 1.54) is 36.4 Å². The zero-order valence-electron chi connectivity index (χ0n) is 19.9. The molecule has 0 aromatic heterocycles. The number of benzene rings is 2. The van der Waals surface area contributed by atoms with Gasteiger partial charge in [-0.2, -0.15) is 22.0 Å². The largest absolute Gasteiger partial charge is 0.482 e. The molecular formula is C26H29F5N2O3. The molecule has 2 aromatic rings. The summed E-state index contributed by atoms with van der Waals surface area (Å²) < 4.78 is 71.1. The van der Waals surface area contributed by atoms with Gasteiger partial charge in [-0.3, -0.25) is 4.79 Å². The van der Waals surface area contributed by atoms with E-state index in [1.54, 1.807) is 0 Å². The van der Waals surface area contributed by atoms with Crippen molar-refractivity contribution in [2.24, 2.45) is 11.1 Å². The molecule has 1 amide bonds. The maximum Gasteiger partial charge on any atom is 0.482 e. The quantitative estimate of drug-likeness (QED) is 0.219. The molecule has 0 heterocycles. The van der Waals surface area contributed by atoms with Crippen LogP contribution in [0.2, 0.25) is 0 Å². The van der Waals surface area contributed by atoms with E-state index < -0.39 is 23.8 Å². The Kier molecular flexibility index (Phi) is 9.28. The third-order valence-corrected chi connectivity index (χ3v) is 6.00. The molecule has 3 rings (SSSR count). The Morgan fingerprint density at radius 1 is 0.972 bits per heavy atom. The molecule has 1 aliphatic carbocycles. The van der Waals surface area contributed by atoms with E-state index in [9.17, 15) is 26.7 Å². The van der Waals surface area contributed by atoms with Gasteiger partial charge in [-0.05, 0) is 72.7 Å². The van der Waals surface area contributed by atoms with Gasteiger partial charge in [0.2, 0.25) is 0 Å². The van der Waals surface area contributed by atoms with Gasteiger partial charge in [0, 0.05) is 6.54 Å². The minimum Gasteiger partial charge on any atom is -0.425 e. The summed E-state index contributed by atoms with van der Waals surface area (Å²) in [5, 5.41) is 6.31. The molecule has 0 atom stereocenters. The first kappa shape index (κ1) is 27.4. The summed E-state index contributed by atoms with van der Waals surface area (Å²) in [5.41, 5.74) is 0.848. The van der Waals surface area contributed by atoms with E-state index in [4.69, 9.17) is 4.84 Å². The maximum absolute atomic E-state index is 14.3. The molecule has 0 spiro atoms. The van der Waals surface area contributed by atoms with Crippen molar-refractivity contribution in [1.82, 2.24) is 5.32 Å². The molecule has 2 aromatic carbocycles. The number of nitrogens with zero attached hydrogens (tertiary/aromatic N) is 1. The molecule has 0 aliphatic heterocycles. The second-order valence-electron chi connectivity index (χ2n) is 8.72. The van der Waals surface area contributed by atoms with Crippen molar-refractivity contribution in [2.45, 2.75) is 64.3 Å². The normalized spacial score (nSPS) is 15.4. The molecule has 1 aliphatic rings. The fourth-order valence-corrected chi connectivity index (χ4v) is 3.94. The van der Waals surface area contributed by atoms with Crippen LogP contribution < -0.4 is 10.1 Å². The molecular weight excluding hydrogens is 483 g/mol. The first-order valence-corrected chi connectivity index (χ1v) is 11.9. The number of carbonyl (C=O) groups is 1. The molecule has 1 fully saturated rings. The number of hydrogen-bond acceptors (Lipinski definition) is 4. The van der Waals surface area contributed by atoms with Crippen LogP contribution in [0.15, 0.2) is 53.7 Å². The van der Waals surface area contributed by atoms with Crippen LogP contribution in [0.3, 0.4) is 0 Å². The van der Waals surface area contributed by atoms with Crippen LogP contribution >= 0.6 is 0 Å². The molecule has 0 radical (unpaired) electrons. The van der Waals surface area contributed by atoms with Crippen LogP contribution in [0, 0.1) is 5.92 Å². The summed E-state index contributed by atoms with van der Waals surface area (Å²) in [6.45, 7) is 1.99. The Morgan fingerprint density at radius 3 is 2.19 bits per heavy atom. The molecule has 10 heteroatoms. The highest BCUT2D eigenvalue weighted by Gasteiger charge is 2.42. The Labute approximate surface area is 206 Å². The highest BCUT2D eigenvalue weighted by molar-refractivity contribution is 6.00. The van der Waals surface area contributed by atoms with E-state index in [1.807, 2.05) is 6.92 Å². The molecule has 36 heavy (non-hydrogen) atoms. The lowest BCUT2D eigenvalue weighted by Crippen LogP contribution is -2.46. The Hall–Kier alpha value is -3.17. The molecule has 0 unspecified atom stereocenters.